The Morgan fingerprint density at radius 1 is 0.720 bits per heavy atom. The summed E-state index contributed by atoms with van der Waals surface area (Å²) in [5.41, 5.74) is 3.02. The van der Waals surface area contributed by atoms with Crippen molar-refractivity contribution in [1.82, 2.24) is 10.3 Å². The Morgan fingerprint density at radius 2 is 1.08 bits per heavy atom. The number of aromatic nitrogens is 2. The monoisotopic (exact) mass is 336 g/mol. The fourth-order valence-corrected chi connectivity index (χ4v) is 2.12. The lowest BCUT2D eigenvalue weighted by molar-refractivity contribution is 0.101. The molecule has 0 bridgehead atoms. The minimum absolute atomic E-state index is 0.0473. The molecule has 0 unspecified atom stereocenters. The van der Waals surface area contributed by atoms with Crippen molar-refractivity contribution in [2.45, 2.75) is 13.8 Å². The maximum atomic E-state index is 12.2. The number of carbonyl (C=O) groups excluding carboxylic acids is 2. The largest absolute Gasteiger partial charge is 0.300 e. The van der Waals surface area contributed by atoms with Crippen molar-refractivity contribution < 1.29 is 14.2 Å². The van der Waals surface area contributed by atoms with E-state index in [-0.39, 0.29) is 23.5 Å². The van der Waals surface area contributed by atoms with Crippen LogP contribution in [-0.2, 0) is 0 Å². The highest BCUT2D eigenvalue weighted by Gasteiger charge is 2.17. The van der Waals surface area contributed by atoms with Crippen LogP contribution in [0.15, 0.2) is 53.2 Å². The molecule has 0 atom stereocenters. The molecule has 1 heterocycles. The third kappa shape index (κ3) is 3.89. The molecule has 3 aromatic rings. The number of carbonyl (C=O) groups is 2. The van der Waals surface area contributed by atoms with E-state index >= 15 is 0 Å². The topological polar surface area (TPSA) is 97.1 Å². The highest BCUT2D eigenvalue weighted by atomic mass is 16.6. The zero-order valence-corrected chi connectivity index (χ0v) is 13.7. The summed E-state index contributed by atoms with van der Waals surface area (Å²) >= 11 is 0. The highest BCUT2D eigenvalue weighted by molar-refractivity contribution is 6.08. The molecule has 2 N–H and O–H groups in total. The summed E-state index contributed by atoms with van der Waals surface area (Å²) < 4.78 is 4.63. The summed E-state index contributed by atoms with van der Waals surface area (Å²) in [4.78, 5) is 24.5. The lowest BCUT2D eigenvalue weighted by Crippen LogP contribution is -2.16. The quantitative estimate of drug-likeness (QED) is 0.762. The maximum absolute atomic E-state index is 12.2. The van der Waals surface area contributed by atoms with Gasteiger partial charge in [-0.2, -0.15) is 0 Å². The first-order valence-electron chi connectivity index (χ1n) is 7.61. The van der Waals surface area contributed by atoms with Crippen LogP contribution in [0.3, 0.4) is 0 Å². The van der Waals surface area contributed by atoms with Gasteiger partial charge in [-0.25, -0.2) is 4.63 Å². The van der Waals surface area contributed by atoms with Crippen LogP contribution in [0, 0.1) is 13.8 Å². The fraction of sp³-hybridized carbons (Fsp3) is 0.111. The number of amides is 2. The number of rotatable bonds is 4. The van der Waals surface area contributed by atoms with Crippen LogP contribution in [0.5, 0.6) is 0 Å². The standard InChI is InChI=1S/C18H16N4O3/c1-11-3-7-13(8-4-11)17(23)19-15-16(22-25-21-15)20-18(24)14-9-5-12(2)6-10-14/h3-10H,1-2H3,(H,19,21,23)(H,20,22,24). The molecule has 0 spiro atoms. The summed E-state index contributed by atoms with van der Waals surface area (Å²) in [6.07, 6.45) is 0. The van der Waals surface area contributed by atoms with Gasteiger partial charge in [0.15, 0.2) is 0 Å². The van der Waals surface area contributed by atoms with E-state index < -0.39 is 0 Å². The second-order valence-electron chi connectivity index (χ2n) is 5.60. The molecule has 0 aliphatic carbocycles. The number of aryl methyl sites for hydroxylation is 2. The van der Waals surface area contributed by atoms with E-state index in [9.17, 15) is 9.59 Å². The number of nitrogens with zero attached hydrogens (tertiary/aromatic N) is 2. The molecule has 0 aliphatic rings. The number of hydrogen-bond donors (Lipinski definition) is 2. The van der Waals surface area contributed by atoms with Gasteiger partial charge in [0.25, 0.3) is 11.8 Å². The molecule has 1 aromatic heterocycles. The average Bonchev–Trinajstić information content (AvgIpc) is 3.02. The Balaban J connectivity index is 1.72. The summed E-state index contributed by atoms with van der Waals surface area (Å²) in [5, 5.41) is 12.4. The van der Waals surface area contributed by atoms with Gasteiger partial charge in [-0.15, -0.1) is 0 Å². The summed E-state index contributed by atoms with van der Waals surface area (Å²) in [7, 11) is 0. The van der Waals surface area contributed by atoms with Gasteiger partial charge in [-0.1, -0.05) is 35.4 Å². The number of anilines is 2. The van der Waals surface area contributed by atoms with Gasteiger partial charge in [0.1, 0.15) is 0 Å². The zero-order valence-electron chi connectivity index (χ0n) is 13.7. The van der Waals surface area contributed by atoms with Crippen LogP contribution in [-0.4, -0.2) is 22.1 Å². The molecular formula is C18H16N4O3. The smallest absolute Gasteiger partial charge is 0.257 e. The predicted octanol–water partition coefficient (Wildman–Crippen LogP) is 3.19. The lowest BCUT2D eigenvalue weighted by atomic mass is 10.1. The average molecular weight is 336 g/mol. The predicted molar refractivity (Wildman–Crippen MR) is 92.6 cm³/mol. The van der Waals surface area contributed by atoms with Crippen molar-refractivity contribution in [3.8, 4) is 0 Å². The van der Waals surface area contributed by atoms with Crippen LogP contribution in [0.25, 0.3) is 0 Å². The number of hydrogen-bond acceptors (Lipinski definition) is 5. The molecule has 25 heavy (non-hydrogen) atoms. The van der Waals surface area contributed by atoms with E-state index in [2.05, 4.69) is 25.6 Å². The zero-order chi connectivity index (χ0) is 17.8. The molecule has 126 valence electrons. The van der Waals surface area contributed by atoms with E-state index in [0.717, 1.165) is 11.1 Å². The Labute approximate surface area is 144 Å². The van der Waals surface area contributed by atoms with Crippen molar-refractivity contribution in [3.05, 3.63) is 70.8 Å². The van der Waals surface area contributed by atoms with Crippen molar-refractivity contribution >= 4 is 23.5 Å². The number of nitrogens with one attached hydrogen (secondary N) is 2. The molecule has 0 saturated carbocycles. The van der Waals surface area contributed by atoms with Crippen LogP contribution < -0.4 is 10.6 Å². The van der Waals surface area contributed by atoms with Gasteiger partial charge in [0, 0.05) is 11.1 Å². The van der Waals surface area contributed by atoms with Crippen LogP contribution in [0.4, 0.5) is 11.6 Å². The summed E-state index contributed by atoms with van der Waals surface area (Å²) in [5.74, 6) is -0.653. The van der Waals surface area contributed by atoms with Gasteiger partial charge in [-0.3, -0.25) is 9.59 Å². The van der Waals surface area contributed by atoms with E-state index in [0.29, 0.717) is 11.1 Å². The third-order valence-corrected chi connectivity index (χ3v) is 3.58. The molecule has 0 radical (unpaired) electrons. The number of benzene rings is 2. The second kappa shape index (κ2) is 6.96. The Hall–Kier alpha value is -3.48. The molecule has 0 fully saturated rings. The van der Waals surface area contributed by atoms with E-state index in [1.54, 1.807) is 24.3 Å². The first kappa shape index (κ1) is 16.4. The van der Waals surface area contributed by atoms with Gasteiger partial charge in [-0.05, 0) is 48.4 Å². The maximum Gasteiger partial charge on any atom is 0.257 e. The Kier molecular flexibility index (Phi) is 4.56. The van der Waals surface area contributed by atoms with Crippen LogP contribution in [0.1, 0.15) is 31.8 Å². The first-order chi connectivity index (χ1) is 12.0. The lowest BCUT2D eigenvalue weighted by Gasteiger charge is -2.05. The third-order valence-electron chi connectivity index (χ3n) is 3.58. The molecule has 0 aliphatic heterocycles. The van der Waals surface area contributed by atoms with Gasteiger partial charge >= 0.3 is 0 Å². The van der Waals surface area contributed by atoms with Gasteiger partial charge in [0.05, 0.1) is 0 Å². The Bertz CT molecular complexity index is 825. The van der Waals surface area contributed by atoms with Gasteiger partial charge < -0.3 is 10.6 Å². The molecule has 7 nitrogen and oxygen atoms in total. The second-order valence-corrected chi connectivity index (χ2v) is 5.60. The first-order valence-corrected chi connectivity index (χ1v) is 7.61. The Morgan fingerprint density at radius 3 is 1.44 bits per heavy atom. The van der Waals surface area contributed by atoms with Gasteiger partial charge in [0.2, 0.25) is 11.6 Å². The minimum Gasteiger partial charge on any atom is -0.300 e. The molecule has 0 saturated heterocycles. The van der Waals surface area contributed by atoms with E-state index in [1.807, 2.05) is 38.1 Å². The summed E-state index contributed by atoms with van der Waals surface area (Å²) in [6.45, 7) is 3.86. The highest BCUT2D eigenvalue weighted by Crippen LogP contribution is 2.18. The fourth-order valence-electron chi connectivity index (χ4n) is 2.12. The molecule has 2 amide bonds. The van der Waals surface area contributed by atoms with Crippen molar-refractivity contribution in [2.75, 3.05) is 10.6 Å². The molecule has 7 heteroatoms. The normalized spacial score (nSPS) is 10.3. The van der Waals surface area contributed by atoms with Crippen molar-refractivity contribution in [3.63, 3.8) is 0 Å². The van der Waals surface area contributed by atoms with Crippen molar-refractivity contribution in [1.29, 1.82) is 0 Å². The SMILES string of the molecule is Cc1ccc(C(=O)Nc2nonc2NC(=O)c2ccc(C)cc2)cc1. The molecule has 2 aromatic carbocycles. The minimum atomic E-state index is -0.374. The van der Waals surface area contributed by atoms with Crippen LogP contribution >= 0.6 is 0 Å². The summed E-state index contributed by atoms with van der Waals surface area (Å²) in [6, 6.07) is 14.1. The van der Waals surface area contributed by atoms with Crippen molar-refractivity contribution in [2.24, 2.45) is 0 Å². The van der Waals surface area contributed by atoms with Crippen LogP contribution in [0.2, 0.25) is 0 Å². The molecule has 3 rings (SSSR count). The molecular weight excluding hydrogens is 320 g/mol. The van der Waals surface area contributed by atoms with E-state index in [1.165, 1.54) is 0 Å². The van der Waals surface area contributed by atoms with E-state index in [4.69, 9.17) is 0 Å².